The molecule has 0 fully saturated rings. The number of nitrogens with zero attached hydrogens (tertiary/aromatic N) is 1. The number of aliphatic hydroxyl groups is 1. The molecule has 78 valence electrons. The summed E-state index contributed by atoms with van der Waals surface area (Å²) in [5.41, 5.74) is 6.53. The molecule has 3 N–H and O–H groups in total. The summed E-state index contributed by atoms with van der Waals surface area (Å²) in [6.45, 7) is 0. The number of hydrogen-bond acceptors (Lipinski definition) is 3. The summed E-state index contributed by atoms with van der Waals surface area (Å²) in [5.74, 6) is 1.09. The summed E-state index contributed by atoms with van der Waals surface area (Å²) in [7, 11) is 0. The van der Waals surface area contributed by atoms with E-state index in [9.17, 15) is 5.11 Å². The fourth-order valence-corrected chi connectivity index (χ4v) is 1.46. The first-order valence-electron chi connectivity index (χ1n) is 4.67. The number of aromatic nitrogens is 1. The first kappa shape index (κ1) is 11.3. The van der Waals surface area contributed by atoms with E-state index in [0.717, 1.165) is 18.4 Å². The first-order valence-corrected chi connectivity index (χ1v) is 5.20. The lowest BCUT2D eigenvalue weighted by Gasteiger charge is -2.09. The minimum Gasteiger partial charge on any atom is -0.393 e. The van der Waals surface area contributed by atoms with Crippen molar-refractivity contribution in [2.45, 2.75) is 25.4 Å². The smallest absolute Gasteiger partial charge is 0.123 e. The highest BCUT2D eigenvalue weighted by atomic mass is 35.5. The van der Waals surface area contributed by atoms with E-state index in [1.807, 2.05) is 6.07 Å². The lowest BCUT2D eigenvalue weighted by atomic mass is 10.1. The highest BCUT2D eigenvalue weighted by Crippen LogP contribution is 2.09. The van der Waals surface area contributed by atoms with Crippen LogP contribution in [0.25, 0.3) is 0 Å². The van der Waals surface area contributed by atoms with Crippen LogP contribution in [-0.4, -0.2) is 22.1 Å². The Morgan fingerprint density at radius 1 is 1.57 bits per heavy atom. The number of halogens is 1. The van der Waals surface area contributed by atoms with Crippen LogP contribution in [0.15, 0.2) is 18.3 Å². The van der Waals surface area contributed by atoms with Crippen LogP contribution in [0.4, 0.5) is 5.82 Å². The zero-order valence-electron chi connectivity index (χ0n) is 7.99. The predicted molar refractivity (Wildman–Crippen MR) is 58.3 cm³/mol. The van der Waals surface area contributed by atoms with Gasteiger partial charge in [-0.2, -0.15) is 0 Å². The first-order chi connectivity index (χ1) is 6.72. The molecule has 0 radical (unpaired) electrons. The van der Waals surface area contributed by atoms with Crippen LogP contribution in [0.2, 0.25) is 0 Å². The standard InChI is InChI=1S/C10H15ClN2O/c11-4-1-2-9(14)6-8-3-5-13-10(12)7-8/h3,5,7,9,14H,1-2,4,6H2,(H2,12,13). The third kappa shape index (κ3) is 3.94. The van der Waals surface area contributed by atoms with E-state index in [2.05, 4.69) is 4.98 Å². The summed E-state index contributed by atoms with van der Waals surface area (Å²) in [5, 5.41) is 9.60. The van der Waals surface area contributed by atoms with Crippen molar-refractivity contribution in [1.82, 2.24) is 4.98 Å². The Labute approximate surface area is 88.9 Å². The van der Waals surface area contributed by atoms with E-state index >= 15 is 0 Å². The molecular weight excluding hydrogens is 200 g/mol. The van der Waals surface area contributed by atoms with E-state index < -0.39 is 0 Å². The molecule has 0 aliphatic rings. The SMILES string of the molecule is Nc1cc(CC(O)CCCCl)ccn1. The van der Waals surface area contributed by atoms with E-state index in [1.165, 1.54) is 0 Å². The predicted octanol–water partition coefficient (Wildman–Crippen LogP) is 1.59. The summed E-state index contributed by atoms with van der Waals surface area (Å²) >= 11 is 5.53. The van der Waals surface area contributed by atoms with E-state index in [1.54, 1.807) is 12.3 Å². The van der Waals surface area contributed by atoms with Crippen LogP contribution < -0.4 is 5.73 Å². The van der Waals surface area contributed by atoms with Crippen molar-refractivity contribution < 1.29 is 5.11 Å². The number of anilines is 1. The largest absolute Gasteiger partial charge is 0.393 e. The third-order valence-electron chi connectivity index (χ3n) is 1.99. The fourth-order valence-electron chi connectivity index (χ4n) is 1.31. The molecule has 1 heterocycles. The van der Waals surface area contributed by atoms with Crippen molar-refractivity contribution in [2.24, 2.45) is 0 Å². The Balaban J connectivity index is 2.43. The second kappa shape index (κ2) is 5.83. The quantitative estimate of drug-likeness (QED) is 0.732. The van der Waals surface area contributed by atoms with Gasteiger partial charge in [-0.3, -0.25) is 0 Å². The Morgan fingerprint density at radius 3 is 3.00 bits per heavy atom. The molecule has 0 amide bonds. The van der Waals surface area contributed by atoms with Crippen molar-refractivity contribution in [2.75, 3.05) is 11.6 Å². The highest BCUT2D eigenvalue weighted by molar-refractivity contribution is 6.17. The van der Waals surface area contributed by atoms with Gasteiger partial charge in [-0.1, -0.05) is 0 Å². The Kier molecular flexibility index (Phi) is 4.70. The Morgan fingerprint density at radius 2 is 2.36 bits per heavy atom. The third-order valence-corrected chi connectivity index (χ3v) is 2.26. The van der Waals surface area contributed by atoms with E-state index in [0.29, 0.717) is 18.1 Å². The van der Waals surface area contributed by atoms with Gasteiger partial charge in [-0.05, 0) is 37.0 Å². The normalized spacial score (nSPS) is 12.7. The molecule has 1 aromatic rings. The number of hydrogen-bond donors (Lipinski definition) is 2. The zero-order chi connectivity index (χ0) is 10.4. The topological polar surface area (TPSA) is 59.1 Å². The molecule has 4 heteroatoms. The van der Waals surface area contributed by atoms with E-state index in [4.69, 9.17) is 17.3 Å². The Hall–Kier alpha value is -0.800. The molecule has 0 bridgehead atoms. The van der Waals surface area contributed by atoms with Crippen LogP contribution in [0.1, 0.15) is 18.4 Å². The van der Waals surface area contributed by atoms with Gasteiger partial charge in [-0.15, -0.1) is 11.6 Å². The maximum absolute atomic E-state index is 9.60. The lowest BCUT2D eigenvalue weighted by molar-refractivity contribution is 0.164. The van der Waals surface area contributed by atoms with Gasteiger partial charge in [-0.25, -0.2) is 4.98 Å². The fraction of sp³-hybridized carbons (Fsp3) is 0.500. The number of rotatable bonds is 5. The molecule has 1 unspecified atom stereocenters. The van der Waals surface area contributed by atoms with Crippen LogP contribution in [0, 0.1) is 0 Å². The molecule has 0 aliphatic heterocycles. The van der Waals surface area contributed by atoms with Crippen molar-refractivity contribution in [3.8, 4) is 0 Å². The number of aliphatic hydroxyl groups excluding tert-OH is 1. The molecule has 0 saturated heterocycles. The Bertz CT molecular complexity index is 281. The number of pyridine rings is 1. The summed E-state index contributed by atoms with van der Waals surface area (Å²) in [6, 6.07) is 3.64. The summed E-state index contributed by atoms with van der Waals surface area (Å²) in [6.07, 6.45) is 3.49. The van der Waals surface area contributed by atoms with Crippen LogP contribution in [0.5, 0.6) is 0 Å². The summed E-state index contributed by atoms with van der Waals surface area (Å²) < 4.78 is 0. The number of alkyl halides is 1. The van der Waals surface area contributed by atoms with Gasteiger partial charge in [0.2, 0.25) is 0 Å². The van der Waals surface area contributed by atoms with Gasteiger partial charge >= 0.3 is 0 Å². The van der Waals surface area contributed by atoms with Gasteiger partial charge in [0.05, 0.1) is 6.10 Å². The van der Waals surface area contributed by atoms with Crippen molar-refractivity contribution in [3.05, 3.63) is 23.9 Å². The molecule has 1 rings (SSSR count). The minimum atomic E-state index is -0.337. The molecule has 0 spiro atoms. The maximum Gasteiger partial charge on any atom is 0.123 e. The van der Waals surface area contributed by atoms with Gasteiger partial charge in [0.15, 0.2) is 0 Å². The van der Waals surface area contributed by atoms with Crippen molar-refractivity contribution >= 4 is 17.4 Å². The van der Waals surface area contributed by atoms with Gasteiger partial charge < -0.3 is 10.8 Å². The lowest BCUT2D eigenvalue weighted by Crippen LogP contribution is -2.10. The molecule has 1 aromatic heterocycles. The van der Waals surface area contributed by atoms with Gasteiger partial charge in [0.1, 0.15) is 5.82 Å². The molecule has 3 nitrogen and oxygen atoms in total. The van der Waals surface area contributed by atoms with Gasteiger partial charge in [0, 0.05) is 12.1 Å². The van der Waals surface area contributed by atoms with Crippen LogP contribution in [-0.2, 0) is 6.42 Å². The molecular formula is C10H15ClN2O. The van der Waals surface area contributed by atoms with Crippen LogP contribution >= 0.6 is 11.6 Å². The maximum atomic E-state index is 9.60. The second-order valence-electron chi connectivity index (χ2n) is 3.28. The molecule has 0 saturated carbocycles. The monoisotopic (exact) mass is 214 g/mol. The highest BCUT2D eigenvalue weighted by Gasteiger charge is 2.05. The van der Waals surface area contributed by atoms with Gasteiger partial charge in [0.25, 0.3) is 0 Å². The van der Waals surface area contributed by atoms with Crippen molar-refractivity contribution in [1.29, 1.82) is 0 Å². The zero-order valence-corrected chi connectivity index (χ0v) is 8.74. The molecule has 14 heavy (non-hydrogen) atoms. The average molecular weight is 215 g/mol. The average Bonchev–Trinajstić information content (AvgIpc) is 2.15. The number of nitrogen functional groups attached to an aromatic ring is 1. The molecule has 0 aromatic carbocycles. The summed E-state index contributed by atoms with van der Waals surface area (Å²) in [4.78, 5) is 3.88. The van der Waals surface area contributed by atoms with Crippen LogP contribution in [0.3, 0.4) is 0 Å². The second-order valence-corrected chi connectivity index (χ2v) is 3.66. The minimum absolute atomic E-state index is 0.337. The van der Waals surface area contributed by atoms with E-state index in [-0.39, 0.29) is 6.10 Å². The molecule has 1 atom stereocenters. The molecule has 0 aliphatic carbocycles. The van der Waals surface area contributed by atoms with Crippen molar-refractivity contribution in [3.63, 3.8) is 0 Å². The number of nitrogens with two attached hydrogens (primary N) is 1.